The van der Waals surface area contributed by atoms with E-state index < -0.39 is 0 Å². The van der Waals surface area contributed by atoms with Gasteiger partial charge in [0.05, 0.1) is 6.10 Å². The Morgan fingerprint density at radius 3 is 2.90 bits per heavy atom. The zero-order valence-corrected chi connectivity index (χ0v) is 6.55. The van der Waals surface area contributed by atoms with Crippen molar-refractivity contribution in [3.05, 3.63) is 0 Å². The van der Waals surface area contributed by atoms with E-state index in [1.807, 2.05) is 7.05 Å². The Kier molecular flexibility index (Phi) is 3.12. The average Bonchev–Trinajstić information content (AvgIpc) is 1.88. The number of hydrogen-bond donors (Lipinski definition) is 1. The van der Waals surface area contributed by atoms with Crippen LogP contribution in [0, 0.1) is 0 Å². The normalized spacial score (nSPS) is 27.3. The molecule has 0 spiro atoms. The van der Waals surface area contributed by atoms with Crippen LogP contribution in [0.3, 0.4) is 0 Å². The van der Waals surface area contributed by atoms with Gasteiger partial charge in [-0.2, -0.15) is 0 Å². The molecule has 0 aliphatic carbocycles. The van der Waals surface area contributed by atoms with Crippen molar-refractivity contribution in [1.29, 1.82) is 0 Å². The first-order valence-electron chi connectivity index (χ1n) is 3.86. The van der Waals surface area contributed by atoms with Crippen molar-refractivity contribution >= 4 is 0 Å². The van der Waals surface area contributed by atoms with Crippen LogP contribution in [0.5, 0.6) is 0 Å². The van der Waals surface area contributed by atoms with Gasteiger partial charge in [0.25, 0.3) is 0 Å². The van der Waals surface area contributed by atoms with Crippen LogP contribution in [-0.4, -0.2) is 31.3 Å². The summed E-state index contributed by atoms with van der Waals surface area (Å²) in [6, 6.07) is 0. The van der Waals surface area contributed by atoms with Crippen molar-refractivity contribution in [3.8, 4) is 0 Å². The quantitative estimate of drug-likeness (QED) is 0.449. The second-order valence-electron chi connectivity index (χ2n) is 2.93. The molecule has 0 aromatic carbocycles. The lowest BCUT2D eigenvalue weighted by atomic mass is 10.1. The van der Waals surface area contributed by atoms with Crippen molar-refractivity contribution in [2.24, 2.45) is 5.84 Å². The van der Waals surface area contributed by atoms with Gasteiger partial charge < -0.3 is 4.74 Å². The summed E-state index contributed by atoms with van der Waals surface area (Å²) in [4.78, 5) is 0. The molecule has 1 aliphatic heterocycles. The summed E-state index contributed by atoms with van der Waals surface area (Å²) in [7, 11) is 1.87. The van der Waals surface area contributed by atoms with E-state index in [1.165, 1.54) is 19.3 Å². The lowest BCUT2D eigenvalue weighted by molar-refractivity contribution is -0.00151. The third-order valence-corrected chi connectivity index (χ3v) is 1.77. The summed E-state index contributed by atoms with van der Waals surface area (Å²) in [6.07, 6.45) is 4.05. The summed E-state index contributed by atoms with van der Waals surface area (Å²) in [5.41, 5.74) is 0. The van der Waals surface area contributed by atoms with E-state index in [0.29, 0.717) is 6.10 Å². The Balaban J connectivity index is 2.13. The minimum atomic E-state index is 0.378. The standard InChI is InChI=1S/C7H16N2O/c1-9(8)6-7-4-2-3-5-10-7/h7H,2-6,8H2,1H3. The van der Waals surface area contributed by atoms with Crippen molar-refractivity contribution < 1.29 is 4.74 Å². The number of hydrazine groups is 1. The molecular formula is C7H16N2O. The zero-order valence-electron chi connectivity index (χ0n) is 6.55. The number of nitrogens with zero attached hydrogens (tertiary/aromatic N) is 1. The Morgan fingerprint density at radius 1 is 1.60 bits per heavy atom. The van der Waals surface area contributed by atoms with Gasteiger partial charge in [-0.1, -0.05) is 0 Å². The Hall–Kier alpha value is -0.120. The van der Waals surface area contributed by atoms with Crippen LogP contribution in [0.1, 0.15) is 19.3 Å². The fourth-order valence-corrected chi connectivity index (χ4v) is 1.27. The molecule has 0 bridgehead atoms. The number of hydrogen-bond acceptors (Lipinski definition) is 3. The molecule has 1 aliphatic rings. The van der Waals surface area contributed by atoms with Crippen LogP contribution in [0.25, 0.3) is 0 Å². The lowest BCUT2D eigenvalue weighted by Gasteiger charge is -2.24. The van der Waals surface area contributed by atoms with Crippen LogP contribution in [0.4, 0.5) is 0 Å². The Bertz CT molecular complexity index is 89.6. The zero-order chi connectivity index (χ0) is 7.40. The predicted molar refractivity (Wildman–Crippen MR) is 40.4 cm³/mol. The Labute approximate surface area is 62.1 Å². The van der Waals surface area contributed by atoms with Gasteiger partial charge in [-0.25, -0.2) is 5.01 Å². The van der Waals surface area contributed by atoms with Crippen LogP contribution in [0.15, 0.2) is 0 Å². The van der Waals surface area contributed by atoms with E-state index in [0.717, 1.165) is 13.2 Å². The van der Waals surface area contributed by atoms with Crippen LogP contribution >= 0.6 is 0 Å². The second kappa shape index (κ2) is 3.91. The third-order valence-electron chi connectivity index (χ3n) is 1.77. The average molecular weight is 144 g/mol. The number of likely N-dealkylation sites (N-methyl/N-ethyl adjacent to an activating group) is 1. The second-order valence-corrected chi connectivity index (χ2v) is 2.93. The highest BCUT2D eigenvalue weighted by Crippen LogP contribution is 2.12. The van der Waals surface area contributed by atoms with Gasteiger partial charge in [0.2, 0.25) is 0 Å². The minimum Gasteiger partial charge on any atom is -0.377 e. The fourth-order valence-electron chi connectivity index (χ4n) is 1.27. The molecule has 0 aromatic rings. The van der Waals surface area contributed by atoms with E-state index >= 15 is 0 Å². The molecule has 0 radical (unpaired) electrons. The molecule has 10 heavy (non-hydrogen) atoms. The maximum atomic E-state index is 5.48. The molecule has 1 unspecified atom stereocenters. The smallest absolute Gasteiger partial charge is 0.0715 e. The minimum absolute atomic E-state index is 0.378. The topological polar surface area (TPSA) is 38.5 Å². The summed E-state index contributed by atoms with van der Waals surface area (Å²) in [5.74, 6) is 5.48. The van der Waals surface area contributed by atoms with Crippen LogP contribution in [-0.2, 0) is 4.74 Å². The number of nitrogens with two attached hydrogens (primary N) is 1. The van der Waals surface area contributed by atoms with Gasteiger partial charge >= 0.3 is 0 Å². The van der Waals surface area contributed by atoms with Gasteiger partial charge in [0.1, 0.15) is 0 Å². The van der Waals surface area contributed by atoms with Crippen molar-refractivity contribution in [3.63, 3.8) is 0 Å². The van der Waals surface area contributed by atoms with E-state index in [4.69, 9.17) is 10.6 Å². The summed E-state index contributed by atoms with van der Waals surface area (Å²) in [5, 5.41) is 1.69. The molecular weight excluding hydrogens is 128 g/mol. The molecule has 1 saturated heterocycles. The maximum absolute atomic E-state index is 5.48. The molecule has 0 aromatic heterocycles. The van der Waals surface area contributed by atoms with E-state index in [1.54, 1.807) is 5.01 Å². The van der Waals surface area contributed by atoms with Crippen molar-refractivity contribution in [1.82, 2.24) is 5.01 Å². The van der Waals surface area contributed by atoms with Crippen molar-refractivity contribution in [2.45, 2.75) is 25.4 Å². The van der Waals surface area contributed by atoms with E-state index in [2.05, 4.69) is 0 Å². The summed E-state index contributed by atoms with van der Waals surface area (Å²) in [6.45, 7) is 1.78. The number of rotatable bonds is 2. The predicted octanol–water partition coefficient (Wildman–Crippen LogP) is 0.361. The number of ether oxygens (including phenoxy) is 1. The molecule has 3 heteroatoms. The monoisotopic (exact) mass is 144 g/mol. The summed E-state index contributed by atoms with van der Waals surface area (Å²) >= 11 is 0. The highest BCUT2D eigenvalue weighted by Gasteiger charge is 2.13. The molecule has 60 valence electrons. The van der Waals surface area contributed by atoms with Gasteiger partial charge in [0.15, 0.2) is 0 Å². The van der Waals surface area contributed by atoms with Crippen LogP contribution < -0.4 is 5.84 Å². The van der Waals surface area contributed by atoms with Gasteiger partial charge in [-0.3, -0.25) is 5.84 Å². The molecule has 3 nitrogen and oxygen atoms in total. The molecule has 1 rings (SSSR count). The maximum Gasteiger partial charge on any atom is 0.0715 e. The van der Waals surface area contributed by atoms with Gasteiger partial charge in [-0.05, 0) is 19.3 Å². The fraction of sp³-hybridized carbons (Fsp3) is 1.00. The largest absolute Gasteiger partial charge is 0.377 e. The van der Waals surface area contributed by atoms with E-state index in [-0.39, 0.29) is 0 Å². The van der Waals surface area contributed by atoms with Crippen molar-refractivity contribution in [2.75, 3.05) is 20.2 Å². The molecule has 2 N–H and O–H groups in total. The van der Waals surface area contributed by atoms with Gasteiger partial charge in [-0.15, -0.1) is 0 Å². The molecule has 1 atom stereocenters. The first kappa shape index (κ1) is 7.98. The molecule has 1 heterocycles. The molecule has 0 amide bonds. The first-order valence-corrected chi connectivity index (χ1v) is 3.86. The summed E-state index contributed by atoms with van der Waals surface area (Å²) < 4.78 is 5.47. The van der Waals surface area contributed by atoms with Gasteiger partial charge in [0, 0.05) is 20.2 Å². The third kappa shape index (κ3) is 2.64. The highest BCUT2D eigenvalue weighted by molar-refractivity contribution is 4.64. The first-order chi connectivity index (χ1) is 4.79. The molecule has 0 saturated carbocycles. The van der Waals surface area contributed by atoms with Crippen LogP contribution in [0.2, 0.25) is 0 Å². The highest BCUT2D eigenvalue weighted by atomic mass is 16.5. The van der Waals surface area contributed by atoms with E-state index in [9.17, 15) is 0 Å². The SMILES string of the molecule is CN(N)CC1CCCCO1. The molecule has 1 fully saturated rings. The Morgan fingerprint density at radius 2 is 2.40 bits per heavy atom. The lowest BCUT2D eigenvalue weighted by Crippen LogP contribution is -2.37.